The summed E-state index contributed by atoms with van der Waals surface area (Å²) in [6.45, 7) is 4.82. The van der Waals surface area contributed by atoms with Crippen LogP contribution in [0.25, 0.3) is 0 Å². The zero-order valence-electron chi connectivity index (χ0n) is 16.5. The molecule has 5 heteroatoms. The van der Waals surface area contributed by atoms with Crippen LogP contribution in [0, 0.1) is 6.92 Å². The summed E-state index contributed by atoms with van der Waals surface area (Å²) in [5.41, 5.74) is 5.89. The minimum absolute atomic E-state index is 0.131. The average molecular weight is 364 g/mol. The summed E-state index contributed by atoms with van der Waals surface area (Å²) in [7, 11) is 4.18. The lowest BCUT2D eigenvalue weighted by Crippen LogP contribution is -2.58. The van der Waals surface area contributed by atoms with Crippen LogP contribution in [0.15, 0.2) is 47.5 Å². The van der Waals surface area contributed by atoms with Crippen molar-refractivity contribution in [2.45, 2.75) is 31.8 Å². The smallest absolute Gasteiger partial charge is 0.127 e. The molecule has 1 fully saturated rings. The van der Waals surface area contributed by atoms with Gasteiger partial charge in [0.2, 0.25) is 0 Å². The summed E-state index contributed by atoms with van der Waals surface area (Å²) in [4.78, 5) is 7.21. The van der Waals surface area contributed by atoms with Crippen molar-refractivity contribution >= 4 is 22.9 Å². The summed E-state index contributed by atoms with van der Waals surface area (Å²) >= 11 is 0. The molecular formula is C22H29N5. The number of rotatable bonds is 3. The molecule has 2 aliphatic rings. The minimum atomic E-state index is -0.131. The number of fused-ring (bicyclic) bond motifs is 1. The molecular weight excluding hydrogens is 334 g/mol. The van der Waals surface area contributed by atoms with E-state index in [-0.39, 0.29) is 5.54 Å². The van der Waals surface area contributed by atoms with Gasteiger partial charge in [0, 0.05) is 14.1 Å². The number of benzene rings is 2. The van der Waals surface area contributed by atoms with E-state index in [1.165, 1.54) is 22.5 Å². The second-order valence-corrected chi connectivity index (χ2v) is 7.83. The molecule has 3 N–H and O–H groups in total. The Morgan fingerprint density at radius 1 is 1.07 bits per heavy atom. The van der Waals surface area contributed by atoms with E-state index in [0.717, 1.165) is 37.5 Å². The Morgan fingerprint density at radius 2 is 1.85 bits per heavy atom. The van der Waals surface area contributed by atoms with E-state index in [1.54, 1.807) is 0 Å². The second-order valence-electron chi connectivity index (χ2n) is 7.83. The van der Waals surface area contributed by atoms with Gasteiger partial charge in [0.15, 0.2) is 0 Å². The molecule has 0 aliphatic carbocycles. The zero-order chi connectivity index (χ0) is 18.9. The third kappa shape index (κ3) is 3.52. The zero-order valence-corrected chi connectivity index (χ0v) is 16.5. The van der Waals surface area contributed by atoms with Crippen LogP contribution in [0.2, 0.25) is 0 Å². The molecule has 0 atom stereocenters. The van der Waals surface area contributed by atoms with Crippen molar-refractivity contribution in [3.8, 4) is 0 Å². The number of aryl methyl sites for hydroxylation is 1. The highest BCUT2D eigenvalue weighted by Crippen LogP contribution is 2.41. The first-order valence-corrected chi connectivity index (χ1v) is 9.74. The molecule has 2 heterocycles. The van der Waals surface area contributed by atoms with E-state index < -0.39 is 0 Å². The lowest BCUT2D eigenvalue weighted by molar-refractivity contribution is 0.419. The quantitative estimate of drug-likeness (QED) is 0.780. The average Bonchev–Trinajstić information content (AvgIpc) is 2.66. The predicted molar refractivity (Wildman–Crippen MR) is 115 cm³/mol. The number of anilines is 3. The van der Waals surface area contributed by atoms with Crippen molar-refractivity contribution in [3.63, 3.8) is 0 Å². The Hall–Kier alpha value is -2.53. The van der Waals surface area contributed by atoms with Crippen LogP contribution in [0.1, 0.15) is 24.0 Å². The number of nitrogens with one attached hydrogen (secondary N) is 3. The van der Waals surface area contributed by atoms with Gasteiger partial charge in [-0.3, -0.25) is 4.99 Å². The Bertz CT molecular complexity index is 850. The molecule has 1 spiro atoms. The van der Waals surface area contributed by atoms with Crippen LogP contribution < -0.4 is 20.9 Å². The van der Waals surface area contributed by atoms with Gasteiger partial charge in [-0.2, -0.15) is 0 Å². The van der Waals surface area contributed by atoms with E-state index in [9.17, 15) is 0 Å². The Kier molecular flexibility index (Phi) is 4.79. The van der Waals surface area contributed by atoms with Crippen LogP contribution in [0.5, 0.6) is 0 Å². The van der Waals surface area contributed by atoms with Crippen molar-refractivity contribution in [2.24, 2.45) is 4.99 Å². The van der Waals surface area contributed by atoms with Gasteiger partial charge in [0.05, 0.1) is 29.1 Å². The maximum Gasteiger partial charge on any atom is 0.127 e. The normalized spacial score (nSPS) is 19.3. The van der Waals surface area contributed by atoms with Gasteiger partial charge in [-0.15, -0.1) is 0 Å². The summed E-state index contributed by atoms with van der Waals surface area (Å²) in [6.07, 6.45) is 2.04. The van der Waals surface area contributed by atoms with Crippen molar-refractivity contribution in [3.05, 3.63) is 53.6 Å². The molecule has 0 unspecified atom stereocenters. The first-order chi connectivity index (χ1) is 13.1. The molecule has 1 saturated heterocycles. The number of amidine groups is 1. The molecule has 0 aromatic heterocycles. The molecule has 0 bridgehead atoms. The first kappa shape index (κ1) is 17.9. The Labute approximate surface area is 161 Å². The molecule has 0 amide bonds. The number of hydrogen-bond donors (Lipinski definition) is 3. The van der Waals surface area contributed by atoms with E-state index in [1.807, 2.05) is 0 Å². The molecule has 2 aromatic carbocycles. The number of hydrogen-bond acceptors (Lipinski definition) is 4. The van der Waals surface area contributed by atoms with E-state index in [0.29, 0.717) is 6.54 Å². The number of piperidine rings is 1. The first-order valence-electron chi connectivity index (χ1n) is 9.74. The molecule has 0 saturated carbocycles. The fraction of sp³-hybridized carbons (Fsp3) is 0.409. The van der Waals surface area contributed by atoms with E-state index in [2.05, 4.69) is 84.3 Å². The summed E-state index contributed by atoms with van der Waals surface area (Å²) in [5, 5.41) is 11.0. The van der Waals surface area contributed by atoms with Crippen LogP contribution in [-0.4, -0.2) is 38.6 Å². The molecule has 5 nitrogen and oxygen atoms in total. The maximum atomic E-state index is 5.05. The van der Waals surface area contributed by atoms with Crippen LogP contribution >= 0.6 is 0 Å². The van der Waals surface area contributed by atoms with Gasteiger partial charge in [-0.1, -0.05) is 35.9 Å². The Balaban J connectivity index is 1.71. The SMILES string of the molecule is Cc1cccc(CN=C2Nc3cccc(N(C)C)c3NC23CCNCC3)c1. The lowest BCUT2D eigenvalue weighted by Gasteiger charge is -2.45. The monoisotopic (exact) mass is 363 g/mol. The minimum Gasteiger partial charge on any atom is -0.376 e. The highest BCUT2D eigenvalue weighted by molar-refractivity contribution is 6.11. The maximum absolute atomic E-state index is 5.05. The van der Waals surface area contributed by atoms with E-state index in [4.69, 9.17) is 4.99 Å². The number of para-hydroxylation sites is 1. The van der Waals surface area contributed by atoms with Crippen LogP contribution in [-0.2, 0) is 6.54 Å². The predicted octanol–water partition coefficient (Wildman–Crippen LogP) is 3.62. The molecule has 4 rings (SSSR count). The fourth-order valence-corrected chi connectivity index (χ4v) is 4.08. The third-order valence-electron chi connectivity index (χ3n) is 5.55. The number of nitrogens with zero attached hydrogens (tertiary/aromatic N) is 2. The van der Waals surface area contributed by atoms with Crippen LogP contribution in [0.3, 0.4) is 0 Å². The molecule has 27 heavy (non-hydrogen) atoms. The highest BCUT2D eigenvalue weighted by atomic mass is 15.2. The van der Waals surface area contributed by atoms with Gasteiger partial charge < -0.3 is 20.9 Å². The van der Waals surface area contributed by atoms with Crippen LogP contribution in [0.4, 0.5) is 17.1 Å². The standard InChI is InChI=1S/C22H29N5/c1-16-6-4-7-17(14-16)15-24-21-22(10-12-23-13-11-22)26-20-18(25-21)8-5-9-19(20)27(2)3/h4-9,14,23,26H,10-13,15H2,1-3H3,(H,24,25). The van der Waals surface area contributed by atoms with Crippen molar-refractivity contribution in [2.75, 3.05) is 42.7 Å². The van der Waals surface area contributed by atoms with Crippen molar-refractivity contribution < 1.29 is 0 Å². The summed E-state index contributed by atoms with van der Waals surface area (Å²) in [6, 6.07) is 15.0. The van der Waals surface area contributed by atoms with Gasteiger partial charge in [0.25, 0.3) is 0 Å². The Morgan fingerprint density at radius 3 is 2.59 bits per heavy atom. The van der Waals surface area contributed by atoms with E-state index >= 15 is 0 Å². The van der Waals surface area contributed by atoms with Gasteiger partial charge in [-0.25, -0.2) is 0 Å². The summed E-state index contributed by atoms with van der Waals surface area (Å²) in [5.74, 6) is 1.06. The largest absolute Gasteiger partial charge is 0.376 e. The number of aliphatic imine (C=N–C) groups is 1. The topological polar surface area (TPSA) is 51.7 Å². The third-order valence-corrected chi connectivity index (χ3v) is 5.55. The summed E-state index contributed by atoms with van der Waals surface area (Å²) < 4.78 is 0. The second kappa shape index (κ2) is 7.24. The van der Waals surface area contributed by atoms with Gasteiger partial charge >= 0.3 is 0 Å². The molecule has 2 aliphatic heterocycles. The molecule has 2 aromatic rings. The van der Waals surface area contributed by atoms with Crippen molar-refractivity contribution in [1.82, 2.24) is 5.32 Å². The highest BCUT2D eigenvalue weighted by Gasteiger charge is 2.41. The van der Waals surface area contributed by atoms with Gasteiger partial charge in [-0.05, 0) is 50.6 Å². The molecule has 0 radical (unpaired) electrons. The fourth-order valence-electron chi connectivity index (χ4n) is 4.08. The lowest BCUT2D eigenvalue weighted by atomic mass is 9.84. The van der Waals surface area contributed by atoms with Gasteiger partial charge in [0.1, 0.15) is 5.84 Å². The molecule has 142 valence electrons. The van der Waals surface area contributed by atoms with Crippen molar-refractivity contribution in [1.29, 1.82) is 0 Å².